The molecule has 0 aromatic rings. The Morgan fingerprint density at radius 1 is 1.67 bits per heavy atom. The average molecular weight is 170 g/mol. The van der Waals surface area contributed by atoms with Crippen LogP contribution in [0.1, 0.15) is 13.8 Å². The number of ether oxygens (including phenoxy) is 1. The van der Waals surface area contributed by atoms with Crippen molar-refractivity contribution in [2.24, 2.45) is 0 Å². The highest BCUT2D eigenvalue weighted by Gasteiger charge is 2.08. The Morgan fingerprint density at radius 3 is 2.67 bits per heavy atom. The molecule has 68 valence electrons. The summed E-state index contributed by atoms with van der Waals surface area (Å²) in [5.41, 5.74) is 0. The molecule has 12 heavy (non-hydrogen) atoms. The third kappa shape index (κ3) is 4.69. The fourth-order valence-electron chi connectivity index (χ4n) is 0.542. The van der Waals surface area contributed by atoms with Crippen molar-refractivity contribution < 1.29 is 9.53 Å². The first-order valence-electron chi connectivity index (χ1n) is 3.80. The maximum absolute atomic E-state index is 11.1. The third-order valence-corrected chi connectivity index (χ3v) is 1.27. The van der Waals surface area contributed by atoms with Gasteiger partial charge in [0, 0.05) is 7.05 Å². The van der Waals surface area contributed by atoms with Gasteiger partial charge in [-0.15, -0.1) is 0 Å². The van der Waals surface area contributed by atoms with Gasteiger partial charge in [-0.3, -0.25) is 4.79 Å². The van der Waals surface area contributed by atoms with Crippen molar-refractivity contribution >= 4 is 5.91 Å². The van der Waals surface area contributed by atoms with Gasteiger partial charge in [-0.05, 0) is 13.8 Å². The van der Waals surface area contributed by atoms with Gasteiger partial charge >= 0.3 is 0 Å². The molecule has 0 fully saturated rings. The van der Waals surface area contributed by atoms with E-state index in [1.807, 2.05) is 19.9 Å². The molecule has 4 heteroatoms. The molecule has 0 aliphatic rings. The number of hydrogen-bond donors (Lipinski definition) is 0. The van der Waals surface area contributed by atoms with Crippen molar-refractivity contribution in [1.82, 2.24) is 4.90 Å². The lowest BCUT2D eigenvalue weighted by Crippen LogP contribution is -2.31. The highest BCUT2D eigenvalue weighted by atomic mass is 16.5. The van der Waals surface area contributed by atoms with E-state index >= 15 is 0 Å². The number of nitriles is 1. The number of amides is 1. The predicted octanol–water partition coefficient (Wildman–Crippen LogP) is 0.393. The molecule has 1 amide bonds. The van der Waals surface area contributed by atoms with Crippen LogP contribution in [-0.2, 0) is 9.53 Å². The quantitative estimate of drug-likeness (QED) is 0.573. The molecule has 0 saturated carbocycles. The predicted molar refractivity (Wildman–Crippen MR) is 44.3 cm³/mol. The highest BCUT2D eigenvalue weighted by molar-refractivity contribution is 5.77. The van der Waals surface area contributed by atoms with E-state index in [0.717, 1.165) is 0 Å². The smallest absolute Gasteiger partial charge is 0.249 e. The van der Waals surface area contributed by atoms with Gasteiger partial charge in [0.05, 0.1) is 12.2 Å². The Hall–Kier alpha value is -1.08. The van der Waals surface area contributed by atoms with E-state index in [2.05, 4.69) is 0 Å². The van der Waals surface area contributed by atoms with Gasteiger partial charge in [0.25, 0.3) is 0 Å². The van der Waals surface area contributed by atoms with Crippen molar-refractivity contribution in [3.8, 4) is 6.07 Å². The van der Waals surface area contributed by atoms with Crippen LogP contribution in [0.25, 0.3) is 0 Å². The minimum atomic E-state index is -0.162. The summed E-state index contributed by atoms with van der Waals surface area (Å²) in [6.07, 6.45) is 0.0458. The molecule has 0 bridgehead atoms. The molecule has 0 N–H and O–H groups in total. The number of nitrogens with zero attached hydrogens (tertiary/aromatic N) is 2. The van der Waals surface area contributed by atoms with Crippen LogP contribution in [0.3, 0.4) is 0 Å². The Kier molecular flexibility index (Phi) is 5.06. The van der Waals surface area contributed by atoms with Gasteiger partial charge in [0.15, 0.2) is 0 Å². The van der Waals surface area contributed by atoms with E-state index < -0.39 is 0 Å². The van der Waals surface area contributed by atoms with Gasteiger partial charge < -0.3 is 9.64 Å². The Morgan fingerprint density at radius 2 is 2.25 bits per heavy atom. The largest absolute Gasteiger partial charge is 0.369 e. The summed E-state index contributed by atoms with van der Waals surface area (Å²) < 4.78 is 5.07. The van der Waals surface area contributed by atoms with Crippen LogP contribution in [0.2, 0.25) is 0 Å². The number of rotatable bonds is 4. The maximum Gasteiger partial charge on any atom is 0.249 e. The zero-order valence-electron chi connectivity index (χ0n) is 7.70. The molecule has 0 radical (unpaired) electrons. The second-order valence-corrected chi connectivity index (χ2v) is 2.77. The molecule has 0 aliphatic carbocycles. The topological polar surface area (TPSA) is 53.3 Å². The lowest BCUT2D eigenvalue weighted by atomic mass is 10.4. The molecule has 0 spiro atoms. The van der Waals surface area contributed by atoms with E-state index in [-0.39, 0.29) is 25.2 Å². The van der Waals surface area contributed by atoms with E-state index in [0.29, 0.717) is 0 Å². The molecular formula is C8H14N2O2. The summed E-state index contributed by atoms with van der Waals surface area (Å²) in [5.74, 6) is -0.162. The zero-order chi connectivity index (χ0) is 9.56. The van der Waals surface area contributed by atoms with Crippen molar-refractivity contribution in [3.05, 3.63) is 0 Å². The Labute approximate surface area is 72.7 Å². The second kappa shape index (κ2) is 5.56. The van der Waals surface area contributed by atoms with E-state index in [9.17, 15) is 4.79 Å². The van der Waals surface area contributed by atoms with Crippen molar-refractivity contribution in [2.45, 2.75) is 20.0 Å². The van der Waals surface area contributed by atoms with Crippen molar-refractivity contribution in [2.75, 3.05) is 20.2 Å². The lowest BCUT2D eigenvalue weighted by Gasteiger charge is -2.14. The van der Waals surface area contributed by atoms with Gasteiger partial charge in [0.2, 0.25) is 5.91 Å². The summed E-state index contributed by atoms with van der Waals surface area (Å²) in [4.78, 5) is 12.4. The highest BCUT2D eigenvalue weighted by Crippen LogP contribution is 1.90. The molecule has 0 saturated heterocycles. The summed E-state index contributed by atoms with van der Waals surface area (Å²) in [6, 6.07) is 1.89. The molecule has 0 aromatic carbocycles. The molecule has 0 atom stereocenters. The monoisotopic (exact) mass is 170 g/mol. The van der Waals surface area contributed by atoms with E-state index in [4.69, 9.17) is 10.00 Å². The third-order valence-electron chi connectivity index (χ3n) is 1.27. The molecule has 0 aromatic heterocycles. The first-order chi connectivity index (χ1) is 5.57. The van der Waals surface area contributed by atoms with E-state index in [1.165, 1.54) is 4.90 Å². The van der Waals surface area contributed by atoms with Crippen LogP contribution in [0.4, 0.5) is 0 Å². The number of carbonyl (C=O) groups excluding carboxylic acids is 1. The Bertz CT molecular complexity index is 184. The van der Waals surface area contributed by atoms with Gasteiger partial charge in [0.1, 0.15) is 13.2 Å². The van der Waals surface area contributed by atoms with E-state index in [1.54, 1.807) is 7.05 Å². The van der Waals surface area contributed by atoms with Gasteiger partial charge in [-0.25, -0.2) is 0 Å². The van der Waals surface area contributed by atoms with Crippen LogP contribution < -0.4 is 0 Å². The van der Waals surface area contributed by atoms with Crippen LogP contribution in [0.5, 0.6) is 0 Å². The molecule has 0 aliphatic heterocycles. The normalized spacial score (nSPS) is 9.58. The number of hydrogen-bond acceptors (Lipinski definition) is 3. The molecule has 0 unspecified atom stereocenters. The van der Waals surface area contributed by atoms with Crippen LogP contribution in [-0.4, -0.2) is 37.1 Å². The fourth-order valence-corrected chi connectivity index (χ4v) is 0.542. The minimum absolute atomic E-state index is 0.0458. The van der Waals surface area contributed by atoms with Gasteiger partial charge in [-0.1, -0.05) is 0 Å². The first-order valence-corrected chi connectivity index (χ1v) is 3.80. The average Bonchev–Trinajstić information content (AvgIpc) is 2.00. The first kappa shape index (κ1) is 10.9. The van der Waals surface area contributed by atoms with Crippen LogP contribution in [0, 0.1) is 11.3 Å². The molecule has 0 heterocycles. The summed E-state index contributed by atoms with van der Waals surface area (Å²) in [7, 11) is 1.58. The fraction of sp³-hybridized carbons (Fsp3) is 0.750. The van der Waals surface area contributed by atoms with Crippen LogP contribution >= 0.6 is 0 Å². The Balaban J connectivity index is 3.66. The lowest BCUT2D eigenvalue weighted by molar-refractivity contribution is -0.135. The number of likely N-dealkylation sites (N-methyl/N-ethyl adjacent to an activating group) is 1. The van der Waals surface area contributed by atoms with Crippen LogP contribution in [0.15, 0.2) is 0 Å². The van der Waals surface area contributed by atoms with Gasteiger partial charge in [-0.2, -0.15) is 5.26 Å². The summed E-state index contributed by atoms with van der Waals surface area (Å²) >= 11 is 0. The molecular weight excluding hydrogens is 156 g/mol. The number of carbonyl (C=O) groups is 1. The summed E-state index contributed by atoms with van der Waals surface area (Å²) in [5, 5.41) is 8.28. The standard InChI is InChI=1S/C8H14N2O2/c1-7(2)12-6-8(11)10(3)5-4-9/h7H,5-6H2,1-3H3. The second-order valence-electron chi connectivity index (χ2n) is 2.77. The summed E-state index contributed by atoms with van der Waals surface area (Å²) in [6.45, 7) is 3.88. The molecule has 0 rings (SSSR count). The zero-order valence-corrected chi connectivity index (χ0v) is 7.70. The molecule has 4 nitrogen and oxygen atoms in total. The van der Waals surface area contributed by atoms with Crippen molar-refractivity contribution in [3.63, 3.8) is 0 Å². The maximum atomic E-state index is 11.1. The SMILES string of the molecule is CC(C)OCC(=O)N(C)CC#N. The minimum Gasteiger partial charge on any atom is -0.369 e. The van der Waals surface area contributed by atoms with Crippen molar-refractivity contribution in [1.29, 1.82) is 5.26 Å².